The Balaban J connectivity index is 2.23. The molecule has 0 atom stereocenters. The van der Waals surface area contributed by atoms with Gasteiger partial charge in [0, 0.05) is 11.6 Å². The molecule has 0 saturated carbocycles. The Kier molecular flexibility index (Phi) is 4.52. The van der Waals surface area contributed by atoms with Crippen LogP contribution in [0.1, 0.15) is 28.7 Å². The third-order valence-corrected chi connectivity index (χ3v) is 3.03. The van der Waals surface area contributed by atoms with Crippen molar-refractivity contribution in [1.82, 2.24) is 15.0 Å². The van der Waals surface area contributed by atoms with E-state index in [-0.39, 0.29) is 18.8 Å². The molecule has 0 bridgehead atoms. The van der Waals surface area contributed by atoms with Gasteiger partial charge in [-0.15, -0.1) is 5.10 Å². The SMILES string of the molecule is CCOC(=O)c1nnn(Cc2ccc(OC)cc2F)c1C. The number of rotatable bonds is 5. The van der Waals surface area contributed by atoms with Crippen molar-refractivity contribution in [3.63, 3.8) is 0 Å². The average molecular weight is 293 g/mol. The van der Waals surface area contributed by atoms with E-state index in [2.05, 4.69) is 10.3 Å². The lowest BCUT2D eigenvalue weighted by molar-refractivity contribution is 0.0518. The molecule has 0 aliphatic carbocycles. The predicted octanol–water partition coefficient (Wildman–Crippen LogP) is 1.96. The normalized spacial score (nSPS) is 10.5. The number of halogens is 1. The fourth-order valence-electron chi connectivity index (χ4n) is 1.84. The zero-order chi connectivity index (χ0) is 15.4. The van der Waals surface area contributed by atoms with E-state index in [0.29, 0.717) is 17.0 Å². The van der Waals surface area contributed by atoms with Gasteiger partial charge in [0.15, 0.2) is 5.69 Å². The van der Waals surface area contributed by atoms with Crippen LogP contribution in [0.3, 0.4) is 0 Å². The van der Waals surface area contributed by atoms with Crippen molar-refractivity contribution >= 4 is 5.97 Å². The minimum atomic E-state index is -0.531. The molecular formula is C14H16FN3O3. The third kappa shape index (κ3) is 3.18. The van der Waals surface area contributed by atoms with Gasteiger partial charge in [-0.05, 0) is 19.9 Å². The first-order valence-corrected chi connectivity index (χ1v) is 6.46. The number of carbonyl (C=O) groups excluding carboxylic acids is 1. The van der Waals surface area contributed by atoms with Crippen LogP contribution in [0.2, 0.25) is 0 Å². The second-order valence-electron chi connectivity index (χ2n) is 4.36. The zero-order valence-corrected chi connectivity index (χ0v) is 12.1. The molecule has 21 heavy (non-hydrogen) atoms. The van der Waals surface area contributed by atoms with Gasteiger partial charge in [0.05, 0.1) is 26.0 Å². The number of hydrogen-bond donors (Lipinski definition) is 0. The molecule has 7 heteroatoms. The van der Waals surface area contributed by atoms with E-state index in [9.17, 15) is 9.18 Å². The van der Waals surface area contributed by atoms with Crippen LogP contribution in [-0.2, 0) is 11.3 Å². The molecule has 1 aromatic heterocycles. The van der Waals surface area contributed by atoms with Crippen molar-refractivity contribution < 1.29 is 18.7 Å². The summed E-state index contributed by atoms with van der Waals surface area (Å²) in [4.78, 5) is 11.7. The molecule has 0 amide bonds. The number of hydrogen-bond acceptors (Lipinski definition) is 5. The van der Waals surface area contributed by atoms with E-state index >= 15 is 0 Å². The minimum absolute atomic E-state index is 0.144. The summed E-state index contributed by atoms with van der Waals surface area (Å²) in [6.45, 7) is 3.84. The highest BCUT2D eigenvalue weighted by Gasteiger charge is 2.18. The van der Waals surface area contributed by atoms with E-state index in [4.69, 9.17) is 9.47 Å². The second-order valence-corrected chi connectivity index (χ2v) is 4.36. The van der Waals surface area contributed by atoms with Crippen molar-refractivity contribution in [2.24, 2.45) is 0 Å². The highest BCUT2D eigenvalue weighted by atomic mass is 19.1. The summed E-state index contributed by atoms with van der Waals surface area (Å²) in [6, 6.07) is 4.57. The molecule has 2 aromatic rings. The number of methoxy groups -OCH3 is 1. The van der Waals surface area contributed by atoms with Crippen LogP contribution in [0.5, 0.6) is 5.75 Å². The fourth-order valence-corrected chi connectivity index (χ4v) is 1.84. The highest BCUT2D eigenvalue weighted by molar-refractivity contribution is 5.88. The monoisotopic (exact) mass is 293 g/mol. The summed E-state index contributed by atoms with van der Waals surface area (Å²) in [6.07, 6.45) is 0. The number of ether oxygens (including phenoxy) is 2. The molecular weight excluding hydrogens is 277 g/mol. The molecule has 1 aromatic carbocycles. The van der Waals surface area contributed by atoms with Crippen molar-refractivity contribution in [3.8, 4) is 5.75 Å². The maximum atomic E-state index is 13.9. The van der Waals surface area contributed by atoms with Gasteiger partial charge in [-0.1, -0.05) is 11.3 Å². The molecule has 0 spiro atoms. The molecule has 2 rings (SSSR count). The molecule has 0 unspecified atom stereocenters. The Morgan fingerprint density at radius 3 is 2.81 bits per heavy atom. The van der Waals surface area contributed by atoms with E-state index < -0.39 is 11.8 Å². The Bertz CT molecular complexity index is 655. The maximum Gasteiger partial charge on any atom is 0.360 e. The highest BCUT2D eigenvalue weighted by Crippen LogP contribution is 2.18. The van der Waals surface area contributed by atoms with Crippen molar-refractivity contribution in [1.29, 1.82) is 0 Å². The predicted molar refractivity (Wildman–Crippen MR) is 72.8 cm³/mol. The van der Waals surface area contributed by atoms with Gasteiger partial charge in [0.25, 0.3) is 0 Å². The van der Waals surface area contributed by atoms with Crippen molar-refractivity contribution in [3.05, 3.63) is 41.0 Å². The standard InChI is InChI=1S/C14H16FN3O3/c1-4-21-14(19)13-9(2)18(17-16-13)8-10-5-6-11(20-3)7-12(10)15/h5-7H,4,8H2,1-3H3. The fraction of sp³-hybridized carbons (Fsp3) is 0.357. The van der Waals surface area contributed by atoms with Gasteiger partial charge in [-0.2, -0.15) is 0 Å². The van der Waals surface area contributed by atoms with Gasteiger partial charge in [0.1, 0.15) is 11.6 Å². The summed E-state index contributed by atoms with van der Waals surface area (Å²) in [5.41, 5.74) is 1.11. The first-order valence-electron chi connectivity index (χ1n) is 6.46. The summed E-state index contributed by atoms with van der Waals surface area (Å²) >= 11 is 0. The van der Waals surface area contributed by atoms with Gasteiger partial charge in [-0.25, -0.2) is 13.9 Å². The van der Waals surface area contributed by atoms with Crippen LogP contribution in [-0.4, -0.2) is 34.7 Å². The summed E-state index contributed by atoms with van der Waals surface area (Å²) in [5, 5.41) is 7.65. The van der Waals surface area contributed by atoms with Crippen LogP contribution >= 0.6 is 0 Å². The number of carbonyl (C=O) groups is 1. The largest absolute Gasteiger partial charge is 0.497 e. The molecule has 112 valence electrons. The van der Waals surface area contributed by atoms with Gasteiger partial charge in [0.2, 0.25) is 0 Å². The summed E-state index contributed by atoms with van der Waals surface area (Å²) < 4.78 is 25.2. The van der Waals surface area contributed by atoms with Crippen LogP contribution in [0, 0.1) is 12.7 Å². The lowest BCUT2D eigenvalue weighted by Gasteiger charge is -2.07. The summed E-state index contributed by atoms with van der Waals surface area (Å²) in [7, 11) is 1.47. The Morgan fingerprint density at radius 1 is 1.43 bits per heavy atom. The molecule has 0 fully saturated rings. The van der Waals surface area contributed by atoms with Gasteiger partial charge >= 0.3 is 5.97 Å². The minimum Gasteiger partial charge on any atom is -0.497 e. The quantitative estimate of drug-likeness (QED) is 0.788. The third-order valence-electron chi connectivity index (χ3n) is 3.03. The number of esters is 1. The van der Waals surface area contributed by atoms with Crippen molar-refractivity contribution in [2.75, 3.05) is 13.7 Å². The molecule has 0 aliphatic heterocycles. The van der Waals surface area contributed by atoms with E-state index in [0.717, 1.165) is 0 Å². The molecule has 0 aliphatic rings. The van der Waals surface area contributed by atoms with Crippen LogP contribution in [0.25, 0.3) is 0 Å². The number of aromatic nitrogens is 3. The smallest absolute Gasteiger partial charge is 0.360 e. The van der Waals surface area contributed by atoms with Crippen molar-refractivity contribution in [2.45, 2.75) is 20.4 Å². The first-order chi connectivity index (χ1) is 10.1. The lowest BCUT2D eigenvalue weighted by atomic mass is 10.2. The number of benzene rings is 1. The van der Waals surface area contributed by atoms with E-state index in [1.165, 1.54) is 17.9 Å². The molecule has 0 radical (unpaired) electrons. The zero-order valence-electron chi connectivity index (χ0n) is 12.1. The molecule has 0 N–H and O–H groups in total. The van der Waals surface area contributed by atoms with Crippen LogP contribution < -0.4 is 4.74 Å². The Morgan fingerprint density at radius 2 is 2.19 bits per heavy atom. The van der Waals surface area contributed by atoms with Crippen LogP contribution in [0.15, 0.2) is 18.2 Å². The lowest BCUT2D eigenvalue weighted by Crippen LogP contribution is -2.09. The first kappa shape index (κ1) is 15.0. The van der Waals surface area contributed by atoms with E-state index in [1.807, 2.05) is 0 Å². The second kappa shape index (κ2) is 6.34. The summed E-state index contributed by atoms with van der Waals surface area (Å²) in [5.74, 6) is -0.489. The number of nitrogens with zero attached hydrogens (tertiary/aromatic N) is 3. The Hall–Kier alpha value is -2.44. The Labute approximate surface area is 121 Å². The van der Waals surface area contributed by atoms with Gasteiger partial charge in [-0.3, -0.25) is 0 Å². The van der Waals surface area contributed by atoms with Gasteiger partial charge < -0.3 is 9.47 Å². The average Bonchev–Trinajstić information content (AvgIpc) is 2.82. The topological polar surface area (TPSA) is 66.2 Å². The van der Waals surface area contributed by atoms with E-state index in [1.54, 1.807) is 26.0 Å². The molecule has 1 heterocycles. The van der Waals surface area contributed by atoms with Crippen LogP contribution in [0.4, 0.5) is 4.39 Å². The maximum absolute atomic E-state index is 13.9. The molecule has 6 nitrogen and oxygen atoms in total. The molecule has 0 saturated heterocycles.